The van der Waals surface area contributed by atoms with Crippen molar-refractivity contribution in [3.8, 4) is 44.5 Å². The first-order valence-corrected chi connectivity index (χ1v) is 27.5. The average molecular weight is 1040 g/mol. The van der Waals surface area contributed by atoms with E-state index in [0.717, 1.165) is 155 Å². The summed E-state index contributed by atoms with van der Waals surface area (Å²) < 4.78 is 21.6. The SMILES string of the molecule is c1ccc(-c2ccccc2N(c2ccc3oc4cc(N(c5ccccc5-c5ccccc5)c5cccc6c5oc5c(-c7ccccc7)cccc56)c5ccccc5c4c3c2)c2cccc3c2oc2c(-c4ccccc4)cccc23)cc1. The molecule has 16 aromatic rings. The molecule has 0 saturated heterocycles. The largest absolute Gasteiger partial charge is 0.456 e. The van der Waals surface area contributed by atoms with Crippen LogP contribution >= 0.6 is 0 Å². The van der Waals surface area contributed by atoms with E-state index in [1.807, 2.05) is 0 Å². The Morgan fingerprint density at radius 2 is 0.593 bits per heavy atom. The van der Waals surface area contributed by atoms with Crippen molar-refractivity contribution >= 4 is 111 Å². The minimum atomic E-state index is 0.769. The third-order valence-electron chi connectivity index (χ3n) is 16.1. The Morgan fingerprint density at radius 3 is 1.12 bits per heavy atom. The van der Waals surface area contributed by atoms with Crippen molar-refractivity contribution in [3.05, 3.63) is 291 Å². The number of fused-ring (bicyclic) bond motifs is 11. The fourth-order valence-electron chi connectivity index (χ4n) is 12.4. The van der Waals surface area contributed by atoms with Crippen molar-refractivity contribution < 1.29 is 13.3 Å². The van der Waals surface area contributed by atoms with Crippen LogP contribution in [0.2, 0.25) is 0 Å². The first-order valence-electron chi connectivity index (χ1n) is 27.5. The van der Waals surface area contributed by atoms with Gasteiger partial charge in [-0.3, -0.25) is 0 Å². The fraction of sp³-hybridized carbons (Fsp3) is 0. The normalized spacial score (nSPS) is 11.7. The van der Waals surface area contributed by atoms with Gasteiger partial charge in [-0.05, 0) is 70.1 Å². The van der Waals surface area contributed by atoms with Gasteiger partial charge >= 0.3 is 0 Å². The topological polar surface area (TPSA) is 45.9 Å². The highest BCUT2D eigenvalue weighted by Crippen LogP contribution is 2.52. The molecule has 0 spiro atoms. The van der Waals surface area contributed by atoms with Crippen molar-refractivity contribution in [3.63, 3.8) is 0 Å². The van der Waals surface area contributed by atoms with Gasteiger partial charge in [-0.1, -0.05) is 243 Å². The molecule has 81 heavy (non-hydrogen) atoms. The quantitative estimate of drug-likeness (QED) is 0.137. The highest BCUT2D eigenvalue weighted by molar-refractivity contribution is 6.24. The molecule has 0 atom stereocenters. The first-order chi connectivity index (χ1) is 40.2. The molecule has 5 nitrogen and oxygen atoms in total. The van der Waals surface area contributed by atoms with E-state index in [9.17, 15) is 0 Å². The molecule has 0 radical (unpaired) electrons. The average Bonchev–Trinajstić information content (AvgIpc) is 4.28. The fourth-order valence-corrected chi connectivity index (χ4v) is 12.4. The van der Waals surface area contributed by atoms with Crippen LogP contribution in [0.1, 0.15) is 0 Å². The van der Waals surface area contributed by atoms with Crippen molar-refractivity contribution in [1.29, 1.82) is 0 Å². The van der Waals surface area contributed by atoms with E-state index in [0.29, 0.717) is 0 Å². The summed E-state index contributed by atoms with van der Waals surface area (Å²) >= 11 is 0. The summed E-state index contributed by atoms with van der Waals surface area (Å²) in [6.07, 6.45) is 0. The Hall–Kier alpha value is -10.9. The summed E-state index contributed by atoms with van der Waals surface area (Å²) in [5, 5.41) is 8.37. The molecule has 0 amide bonds. The van der Waals surface area contributed by atoms with Gasteiger partial charge in [0.15, 0.2) is 11.2 Å². The number of rotatable bonds is 10. The predicted molar refractivity (Wildman–Crippen MR) is 337 cm³/mol. The van der Waals surface area contributed by atoms with E-state index >= 15 is 0 Å². The highest BCUT2D eigenvalue weighted by atomic mass is 16.3. The van der Waals surface area contributed by atoms with E-state index in [1.165, 1.54) is 0 Å². The zero-order chi connectivity index (χ0) is 53.4. The van der Waals surface area contributed by atoms with Crippen LogP contribution in [0.4, 0.5) is 34.1 Å². The Kier molecular flexibility index (Phi) is 10.8. The Balaban J connectivity index is 0.941. The van der Waals surface area contributed by atoms with E-state index in [4.69, 9.17) is 13.3 Å². The lowest BCUT2D eigenvalue weighted by Crippen LogP contribution is -2.12. The van der Waals surface area contributed by atoms with Crippen LogP contribution in [0.3, 0.4) is 0 Å². The van der Waals surface area contributed by atoms with E-state index in [1.54, 1.807) is 0 Å². The lowest BCUT2D eigenvalue weighted by molar-refractivity contribution is 0.668. The molecule has 0 aliphatic heterocycles. The lowest BCUT2D eigenvalue weighted by atomic mass is 9.98. The third kappa shape index (κ3) is 7.55. The number of hydrogen-bond donors (Lipinski definition) is 0. The molecule has 3 heterocycles. The van der Waals surface area contributed by atoms with E-state index < -0.39 is 0 Å². The number of anilines is 6. The molecule has 3 aromatic heterocycles. The molecule has 0 aliphatic carbocycles. The molecule has 0 fully saturated rings. The molecular weight excluding hydrogens is 989 g/mol. The van der Waals surface area contributed by atoms with Gasteiger partial charge in [0, 0.05) is 71.7 Å². The molecule has 13 aromatic carbocycles. The molecular formula is C76H48N2O3. The second kappa shape index (κ2) is 18.9. The van der Waals surface area contributed by atoms with Crippen molar-refractivity contribution in [2.75, 3.05) is 9.80 Å². The van der Waals surface area contributed by atoms with Gasteiger partial charge in [0.1, 0.15) is 22.3 Å². The van der Waals surface area contributed by atoms with Crippen LogP contribution in [-0.4, -0.2) is 0 Å². The van der Waals surface area contributed by atoms with Gasteiger partial charge in [0.05, 0.1) is 28.4 Å². The highest BCUT2D eigenvalue weighted by Gasteiger charge is 2.28. The van der Waals surface area contributed by atoms with Crippen LogP contribution in [0.5, 0.6) is 0 Å². The van der Waals surface area contributed by atoms with Gasteiger partial charge in [0.2, 0.25) is 0 Å². The number of para-hydroxylation sites is 6. The summed E-state index contributed by atoms with van der Waals surface area (Å²) in [6, 6.07) is 103. The maximum absolute atomic E-state index is 7.22. The third-order valence-corrected chi connectivity index (χ3v) is 16.1. The molecule has 0 aliphatic rings. The van der Waals surface area contributed by atoms with Crippen LogP contribution < -0.4 is 9.80 Å². The van der Waals surface area contributed by atoms with Gasteiger partial charge in [-0.25, -0.2) is 0 Å². The molecule has 380 valence electrons. The van der Waals surface area contributed by atoms with Crippen LogP contribution in [0.25, 0.3) is 121 Å². The number of nitrogens with zero attached hydrogens (tertiary/aromatic N) is 2. The van der Waals surface area contributed by atoms with Gasteiger partial charge in [-0.2, -0.15) is 0 Å². The Morgan fingerprint density at radius 1 is 0.210 bits per heavy atom. The molecule has 0 bridgehead atoms. The lowest BCUT2D eigenvalue weighted by Gasteiger charge is -2.29. The zero-order valence-electron chi connectivity index (χ0n) is 43.8. The Bertz CT molecular complexity index is 5060. The number of benzene rings is 13. The summed E-state index contributed by atoms with van der Waals surface area (Å²) in [5.74, 6) is 0. The van der Waals surface area contributed by atoms with Gasteiger partial charge in [-0.15, -0.1) is 0 Å². The number of hydrogen-bond acceptors (Lipinski definition) is 5. The van der Waals surface area contributed by atoms with Crippen LogP contribution in [0, 0.1) is 0 Å². The first kappa shape index (κ1) is 46.2. The number of furan rings is 3. The Labute approximate surface area is 467 Å². The smallest absolute Gasteiger partial charge is 0.159 e. The predicted octanol–water partition coefficient (Wildman–Crippen LogP) is 22.1. The summed E-state index contributed by atoms with van der Waals surface area (Å²) in [5.41, 5.74) is 19.4. The second-order valence-electron chi connectivity index (χ2n) is 20.6. The molecule has 0 saturated carbocycles. The molecule has 5 heteroatoms. The summed E-state index contributed by atoms with van der Waals surface area (Å²) in [4.78, 5) is 4.75. The minimum Gasteiger partial charge on any atom is -0.456 e. The summed E-state index contributed by atoms with van der Waals surface area (Å²) in [6.45, 7) is 0. The monoisotopic (exact) mass is 1040 g/mol. The van der Waals surface area contributed by atoms with Crippen molar-refractivity contribution in [2.45, 2.75) is 0 Å². The maximum Gasteiger partial charge on any atom is 0.159 e. The van der Waals surface area contributed by atoms with Crippen LogP contribution in [-0.2, 0) is 0 Å². The van der Waals surface area contributed by atoms with Gasteiger partial charge < -0.3 is 23.1 Å². The molecule has 16 rings (SSSR count). The minimum absolute atomic E-state index is 0.769. The molecule has 0 N–H and O–H groups in total. The van der Waals surface area contributed by atoms with Crippen molar-refractivity contribution in [1.82, 2.24) is 0 Å². The summed E-state index contributed by atoms with van der Waals surface area (Å²) in [7, 11) is 0. The van der Waals surface area contributed by atoms with Gasteiger partial charge in [0.25, 0.3) is 0 Å². The standard InChI is InChI=1S/C76H48N2O3/c1-5-23-49(24-6-1)54-31-15-17-41-65(54)77(67-43-21-39-62-60-37-19-35-56(73(60)80-75(62)67)51-27-9-3-10-28-51)53-45-46-70-64(47-53)72-59-34-14-13-33-58(59)69(48-71(72)79-70)78(66-42-18-16-32-55(66)50-25-7-2-8-26-50)68-44-22-40-63-61-38-20-36-57(74(61)81-76(63)68)52-29-11-4-12-30-52/h1-48H. The molecule has 0 unspecified atom stereocenters. The van der Waals surface area contributed by atoms with Crippen LogP contribution in [0.15, 0.2) is 304 Å². The zero-order valence-corrected chi connectivity index (χ0v) is 43.8. The maximum atomic E-state index is 7.22. The second-order valence-corrected chi connectivity index (χ2v) is 20.6. The van der Waals surface area contributed by atoms with E-state index in [-0.39, 0.29) is 0 Å². The van der Waals surface area contributed by atoms with E-state index in [2.05, 4.69) is 301 Å². The van der Waals surface area contributed by atoms with Crippen molar-refractivity contribution in [2.24, 2.45) is 0 Å².